The van der Waals surface area contributed by atoms with E-state index in [1.54, 1.807) is 12.4 Å². The second-order valence-corrected chi connectivity index (χ2v) is 7.08. The van der Waals surface area contributed by atoms with Crippen molar-refractivity contribution in [3.8, 4) is 0 Å². The topological polar surface area (TPSA) is 58.1 Å². The summed E-state index contributed by atoms with van der Waals surface area (Å²) in [4.78, 5) is 23.5. The molecular formula is C23H26N4O. The number of anilines is 1. The van der Waals surface area contributed by atoms with E-state index >= 15 is 0 Å². The van der Waals surface area contributed by atoms with Gasteiger partial charge in [-0.15, -0.1) is 0 Å². The molecule has 28 heavy (non-hydrogen) atoms. The Labute approximate surface area is 166 Å². The van der Waals surface area contributed by atoms with Gasteiger partial charge in [0.1, 0.15) is 0 Å². The fourth-order valence-corrected chi connectivity index (χ4v) is 2.96. The van der Waals surface area contributed by atoms with Crippen LogP contribution in [0.25, 0.3) is 0 Å². The first-order chi connectivity index (χ1) is 13.5. The summed E-state index contributed by atoms with van der Waals surface area (Å²) >= 11 is 0. The highest BCUT2D eigenvalue weighted by Crippen LogP contribution is 2.16. The number of nitrogens with one attached hydrogen (secondary N) is 1. The van der Waals surface area contributed by atoms with Crippen molar-refractivity contribution in [2.75, 3.05) is 4.90 Å². The SMILES string of the molecule is CC(NC(=O)c1cnc(N(Cc2ccccc2)C(C)C)nc1)c1ccccc1. The fourth-order valence-electron chi connectivity index (χ4n) is 2.96. The van der Waals surface area contributed by atoms with Gasteiger partial charge in [0.25, 0.3) is 5.91 Å². The van der Waals surface area contributed by atoms with E-state index in [4.69, 9.17) is 0 Å². The number of hydrogen-bond acceptors (Lipinski definition) is 4. The van der Waals surface area contributed by atoms with Crippen LogP contribution in [0.4, 0.5) is 5.95 Å². The molecule has 0 saturated carbocycles. The zero-order valence-electron chi connectivity index (χ0n) is 16.5. The normalized spacial score (nSPS) is 11.9. The number of carbonyl (C=O) groups is 1. The number of benzene rings is 2. The van der Waals surface area contributed by atoms with E-state index in [1.165, 1.54) is 5.56 Å². The number of rotatable bonds is 7. The van der Waals surface area contributed by atoms with Crippen LogP contribution < -0.4 is 10.2 Å². The number of aromatic nitrogens is 2. The Bertz CT molecular complexity index is 879. The van der Waals surface area contributed by atoms with E-state index in [0.29, 0.717) is 11.5 Å². The Hall–Kier alpha value is -3.21. The van der Waals surface area contributed by atoms with Crippen molar-refractivity contribution in [2.24, 2.45) is 0 Å². The molecule has 3 rings (SSSR count). The molecule has 3 aromatic rings. The Morgan fingerprint density at radius 1 is 0.929 bits per heavy atom. The van der Waals surface area contributed by atoms with Crippen LogP contribution in [0.5, 0.6) is 0 Å². The molecule has 0 saturated heterocycles. The number of hydrogen-bond donors (Lipinski definition) is 1. The highest BCUT2D eigenvalue weighted by atomic mass is 16.1. The summed E-state index contributed by atoms with van der Waals surface area (Å²) < 4.78 is 0. The van der Waals surface area contributed by atoms with Crippen LogP contribution in [0.1, 0.15) is 48.3 Å². The summed E-state index contributed by atoms with van der Waals surface area (Å²) in [5.41, 5.74) is 2.70. The van der Waals surface area contributed by atoms with Crippen LogP contribution in [0.2, 0.25) is 0 Å². The summed E-state index contributed by atoms with van der Waals surface area (Å²) in [5.74, 6) is 0.438. The van der Waals surface area contributed by atoms with Crippen LogP contribution in [0, 0.1) is 0 Å². The van der Waals surface area contributed by atoms with Crippen molar-refractivity contribution >= 4 is 11.9 Å². The van der Waals surface area contributed by atoms with Crippen LogP contribution in [-0.4, -0.2) is 21.9 Å². The van der Waals surface area contributed by atoms with Crippen LogP contribution in [0.3, 0.4) is 0 Å². The van der Waals surface area contributed by atoms with Gasteiger partial charge in [-0.3, -0.25) is 4.79 Å². The maximum absolute atomic E-state index is 12.5. The molecule has 1 heterocycles. The largest absolute Gasteiger partial charge is 0.345 e. The molecule has 1 unspecified atom stereocenters. The number of nitrogens with zero attached hydrogens (tertiary/aromatic N) is 3. The minimum Gasteiger partial charge on any atom is -0.345 e. The molecule has 0 aliphatic heterocycles. The smallest absolute Gasteiger partial charge is 0.254 e. The summed E-state index contributed by atoms with van der Waals surface area (Å²) in [6.07, 6.45) is 3.19. The maximum Gasteiger partial charge on any atom is 0.254 e. The van der Waals surface area contributed by atoms with E-state index in [9.17, 15) is 4.79 Å². The molecule has 0 aliphatic carbocycles. The molecule has 5 nitrogen and oxygen atoms in total. The van der Waals surface area contributed by atoms with E-state index in [-0.39, 0.29) is 18.0 Å². The second kappa shape index (κ2) is 9.13. The fraction of sp³-hybridized carbons (Fsp3) is 0.261. The standard InChI is InChI=1S/C23H26N4O/c1-17(2)27(16-19-10-6-4-7-11-19)23-24-14-21(15-25-23)22(28)26-18(3)20-12-8-5-9-13-20/h4-15,17-18H,16H2,1-3H3,(H,26,28). The van der Waals surface area contributed by atoms with E-state index in [0.717, 1.165) is 12.1 Å². The van der Waals surface area contributed by atoms with E-state index in [2.05, 4.69) is 46.2 Å². The van der Waals surface area contributed by atoms with Crippen molar-refractivity contribution < 1.29 is 4.79 Å². The predicted octanol–water partition coefficient (Wildman–Crippen LogP) is 4.38. The van der Waals surface area contributed by atoms with E-state index < -0.39 is 0 Å². The van der Waals surface area contributed by atoms with Gasteiger partial charge in [0.05, 0.1) is 11.6 Å². The van der Waals surface area contributed by atoms with Gasteiger partial charge >= 0.3 is 0 Å². The monoisotopic (exact) mass is 374 g/mol. The zero-order valence-corrected chi connectivity index (χ0v) is 16.5. The van der Waals surface area contributed by atoms with E-state index in [1.807, 2.05) is 55.5 Å². The molecule has 2 aromatic carbocycles. The second-order valence-electron chi connectivity index (χ2n) is 7.08. The molecule has 1 amide bonds. The van der Waals surface area contributed by atoms with Gasteiger partial charge in [0, 0.05) is 25.0 Å². The molecule has 0 fully saturated rings. The predicted molar refractivity (Wildman–Crippen MR) is 112 cm³/mol. The molecule has 144 valence electrons. The first kappa shape index (κ1) is 19.5. The highest BCUT2D eigenvalue weighted by Gasteiger charge is 2.16. The average Bonchev–Trinajstić information content (AvgIpc) is 2.73. The molecule has 5 heteroatoms. The van der Waals surface area contributed by atoms with Gasteiger partial charge in [-0.25, -0.2) is 9.97 Å². The third kappa shape index (κ3) is 4.94. The maximum atomic E-state index is 12.5. The lowest BCUT2D eigenvalue weighted by Crippen LogP contribution is -2.32. The van der Waals surface area contributed by atoms with Gasteiger partial charge < -0.3 is 10.2 Å². The van der Waals surface area contributed by atoms with Crippen LogP contribution in [-0.2, 0) is 6.54 Å². The lowest BCUT2D eigenvalue weighted by atomic mass is 10.1. The molecule has 0 bridgehead atoms. The summed E-state index contributed by atoms with van der Waals surface area (Å²) in [6.45, 7) is 6.89. The molecule has 1 N–H and O–H groups in total. The summed E-state index contributed by atoms with van der Waals surface area (Å²) in [6, 6.07) is 20.2. The van der Waals surface area contributed by atoms with Crippen molar-refractivity contribution in [1.29, 1.82) is 0 Å². The summed E-state index contributed by atoms with van der Waals surface area (Å²) in [5, 5.41) is 2.99. The number of carbonyl (C=O) groups excluding carboxylic acids is 1. The Kier molecular flexibility index (Phi) is 6.37. The quantitative estimate of drug-likeness (QED) is 0.667. The van der Waals surface area contributed by atoms with Crippen LogP contribution in [0.15, 0.2) is 73.1 Å². The first-order valence-corrected chi connectivity index (χ1v) is 9.53. The van der Waals surface area contributed by atoms with Crippen molar-refractivity contribution in [3.63, 3.8) is 0 Å². The van der Waals surface area contributed by atoms with Crippen molar-refractivity contribution in [1.82, 2.24) is 15.3 Å². The molecule has 1 aromatic heterocycles. The average molecular weight is 374 g/mol. The van der Waals surface area contributed by atoms with Crippen molar-refractivity contribution in [3.05, 3.63) is 89.7 Å². The van der Waals surface area contributed by atoms with Crippen LogP contribution >= 0.6 is 0 Å². The molecule has 0 radical (unpaired) electrons. The lowest BCUT2D eigenvalue weighted by Gasteiger charge is -2.26. The van der Waals surface area contributed by atoms with Gasteiger partial charge in [-0.1, -0.05) is 60.7 Å². The molecule has 1 atom stereocenters. The zero-order chi connectivity index (χ0) is 19.9. The van der Waals surface area contributed by atoms with Gasteiger partial charge in [-0.05, 0) is 31.9 Å². The molecule has 0 spiro atoms. The highest BCUT2D eigenvalue weighted by molar-refractivity contribution is 5.93. The number of amides is 1. The lowest BCUT2D eigenvalue weighted by molar-refractivity contribution is 0.0939. The van der Waals surface area contributed by atoms with Gasteiger partial charge in [0.2, 0.25) is 5.95 Å². The molecular weight excluding hydrogens is 348 g/mol. The summed E-state index contributed by atoms with van der Waals surface area (Å²) in [7, 11) is 0. The van der Waals surface area contributed by atoms with Gasteiger partial charge in [-0.2, -0.15) is 0 Å². The third-order valence-corrected chi connectivity index (χ3v) is 4.62. The van der Waals surface area contributed by atoms with Gasteiger partial charge in [0.15, 0.2) is 0 Å². The molecule has 0 aliphatic rings. The Morgan fingerprint density at radius 2 is 1.50 bits per heavy atom. The third-order valence-electron chi connectivity index (χ3n) is 4.62. The minimum absolute atomic E-state index is 0.0846. The Morgan fingerprint density at radius 3 is 2.07 bits per heavy atom. The minimum atomic E-state index is -0.179. The van der Waals surface area contributed by atoms with Crippen molar-refractivity contribution in [2.45, 2.75) is 39.4 Å². The first-order valence-electron chi connectivity index (χ1n) is 9.53. The Balaban J connectivity index is 1.69.